The summed E-state index contributed by atoms with van der Waals surface area (Å²) >= 11 is 0. The third-order valence-corrected chi connectivity index (χ3v) is 3.76. The van der Waals surface area contributed by atoms with E-state index in [1.807, 2.05) is 6.07 Å². The minimum Gasteiger partial charge on any atom is -0.468 e. The van der Waals surface area contributed by atoms with Gasteiger partial charge in [0.05, 0.1) is 25.5 Å². The number of carbonyl (C=O) groups excluding carboxylic acids is 1. The molecule has 1 aliphatic heterocycles. The molecule has 0 saturated carbocycles. The first-order valence-corrected chi connectivity index (χ1v) is 8.27. The fourth-order valence-corrected chi connectivity index (χ4v) is 2.48. The molecule has 1 amide bonds. The van der Waals surface area contributed by atoms with Gasteiger partial charge in [0.1, 0.15) is 29.0 Å². The minimum atomic E-state index is -0.727. The molecule has 9 nitrogen and oxygen atoms in total. The molecular weight excluding hydrogens is 355 g/mol. The zero-order valence-electron chi connectivity index (χ0n) is 15.4. The number of nitrogens with zero attached hydrogens (tertiary/aromatic N) is 6. The smallest absolute Gasteiger partial charge is 0.410 e. The average Bonchev–Trinajstić information content (AvgIpc) is 2.91. The van der Waals surface area contributed by atoms with Crippen LogP contribution >= 0.6 is 0 Å². The lowest BCUT2D eigenvalue weighted by Gasteiger charge is -2.39. The van der Waals surface area contributed by atoms with E-state index in [1.165, 1.54) is 15.8 Å². The quantitative estimate of drug-likeness (QED) is 0.807. The Balaban J connectivity index is 1.70. The van der Waals surface area contributed by atoms with Crippen LogP contribution in [-0.2, 0) is 11.8 Å². The molecule has 0 spiro atoms. The zero-order chi connectivity index (χ0) is 19.8. The first kappa shape index (κ1) is 18.6. The number of ether oxygens (including phenoxy) is 2. The number of hydrogen-bond donors (Lipinski definition) is 0. The molecule has 1 saturated heterocycles. The van der Waals surface area contributed by atoms with Gasteiger partial charge in [0, 0.05) is 7.05 Å². The summed E-state index contributed by atoms with van der Waals surface area (Å²) in [5.41, 5.74) is 0.0549. The van der Waals surface area contributed by atoms with Crippen LogP contribution < -0.4 is 4.74 Å². The summed E-state index contributed by atoms with van der Waals surface area (Å²) in [4.78, 5) is 21.4. The van der Waals surface area contributed by atoms with E-state index in [0.717, 1.165) is 6.20 Å². The Bertz CT molecular complexity index is 908. The largest absolute Gasteiger partial charge is 0.468 e. The first-order valence-electron chi connectivity index (χ1n) is 8.27. The van der Waals surface area contributed by atoms with E-state index in [4.69, 9.17) is 14.7 Å². The highest BCUT2D eigenvalue weighted by Crippen LogP contribution is 2.25. The van der Waals surface area contributed by atoms with Crippen molar-refractivity contribution in [3.63, 3.8) is 0 Å². The SMILES string of the molecule is Cn1ncc(C#N)c1-c1ncc(F)c(OC2CN(C(=O)OC(C)(C)C)C2)n1. The molecule has 2 aromatic heterocycles. The first-order chi connectivity index (χ1) is 12.7. The van der Waals surface area contributed by atoms with E-state index in [9.17, 15) is 9.18 Å². The van der Waals surface area contributed by atoms with Gasteiger partial charge in [-0.2, -0.15) is 19.7 Å². The van der Waals surface area contributed by atoms with Gasteiger partial charge in [-0.05, 0) is 20.8 Å². The van der Waals surface area contributed by atoms with Crippen molar-refractivity contribution in [1.82, 2.24) is 24.6 Å². The maximum absolute atomic E-state index is 14.1. The third-order valence-electron chi connectivity index (χ3n) is 3.76. The van der Waals surface area contributed by atoms with Gasteiger partial charge in [-0.3, -0.25) is 4.68 Å². The van der Waals surface area contributed by atoms with E-state index < -0.39 is 23.6 Å². The van der Waals surface area contributed by atoms with E-state index in [1.54, 1.807) is 27.8 Å². The second kappa shape index (κ2) is 6.83. The number of aromatic nitrogens is 4. The van der Waals surface area contributed by atoms with E-state index in [0.29, 0.717) is 5.69 Å². The fourth-order valence-electron chi connectivity index (χ4n) is 2.48. The highest BCUT2D eigenvalue weighted by molar-refractivity contribution is 5.69. The van der Waals surface area contributed by atoms with Crippen LogP contribution in [0.4, 0.5) is 9.18 Å². The maximum Gasteiger partial charge on any atom is 0.410 e. The van der Waals surface area contributed by atoms with Crippen molar-refractivity contribution >= 4 is 6.09 Å². The average molecular weight is 374 g/mol. The summed E-state index contributed by atoms with van der Waals surface area (Å²) in [6.45, 7) is 5.88. The number of likely N-dealkylation sites (tertiary alicyclic amines) is 1. The number of aryl methyl sites for hydroxylation is 1. The van der Waals surface area contributed by atoms with Crippen molar-refractivity contribution in [3.8, 4) is 23.5 Å². The lowest BCUT2D eigenvalue weighted by molar-refractivity contribution is -0.0241. The number of carbonyl (C=O) groups is 1. The second-order valence-electron chi connectivity index (χ2n) is 7.11. The normalized spacial score (nSPS) is 14.4. The number of halogens is 1. The Labute approximate surface area is 155 Å². The van der Waals surface area contributed by atoms with Crippen molar-refractivity contribution in [3.05, 3.63) is 23.8 Å². The Hall–Kier alpha value is -3.22. The summed E-state index contributed by atoms with van der Waals surface area (Å²) in [6, 6.07) is 1.99. The van der Waals surface area contributed by atoms with Crippen molar-refractivity contribution in [2.75, 3.05) is 13.1 Å². The van der Waals surface area contributed by atoms with Crippen LogP contribution in [0.1, 0.15) is 26.3 Å². The van der Waals surface area contributed by atoms with Gasteiger partial charge in [0.25, 0.3) is 5.88 Å². The van der Waals surface area contributed by atoms with Crippen molar-refractivity contribution < 1.29 is 18.7 Å². The van der Waals surface area contributed by atoms with Crippen LogP contribution in [0.2, 0.25) is 0 Å². The molecule has 3 heterocycles. The number of hydrogen-bond acceptors (Lipinski definition) is 7. The maximum atomic E-state index is 14.1. The highest BCUT2D eigenvalue weighted by atomic mass is 19.1. The molecule has 3 rings (SSSR count). The molecule has 142 valence electrons. The zero-order valence-corrected chi connectivity index (χ0v) is 15.4. The Kier molecular flexibility index (Phi) is 4.70. The number of rotatable bonds is 3. The monoisotopic (exact) mass is 374 g/mol. The lowest BCUT2D eigenvalue weighted by atomic mass is 10.2. The van der Waals surface area contributed by atoms with Crippen molar-refractivity contribution in [1.29, 1.82) is 5.26 Å². The molecular formula is C17H19FN6O3. The van der Waals surface area contributed by atoms with Crippen LogP contribution in [0.5, 0.6) is 5.88 Å². The van der Waals surface area contributed by atoms with Crippen molar-refractivity contribution in [2.24, 2.45) is 7.05 Å². The van der Waals surface area contributed by atoms with Crippen LogP contribution in [0.3, 0.4) is 0 Å². The lowest BCUT2D eigenvalue weighted by Crippen LogP contribution is -2.57. The molecule has 27 heavy (non-hydrogen) atoms. The minimum absolute atomic E-state index is 0.131. The third kappa shape index (κ3) is 3.97. The summed E-state index contributed by atoms with van der Waals surface area (Å²) in [7, 11) is 1.63. The van der Waals surface area contributed by atoms with Crippen LogP contribution in [-0.4, -0.2) is 55.5 Å². The van der Waals surface area contributed by atoms with Gasteiger partial charge in [-0.1, -0.05) is 0 Å². The predicted octanol–water partition coefficient (Wildman–Crippen LogP) is 1.89. The topological polar surface area (TPSA) is 106 Å². The van der Waals surface area contributed by atoms with Gasteiger partial charge >= 0.3 is 6.09 Å². The summed E-state index contributed by atoms with van der Waals surface area (Å²) < 4.78 is 26.3. The molecule has 0 bridgehead atoms. The summed E-state index contributed by atoms with van der Waals surface area (Å²) in [5, 5.41) is 13.1. The van der Waals surface area contributed by atoms with E-state index in [-0.39, 0.29) is 30.4 Å². The molecule has 10 heteroatoms. The molecule has 0 aromatic carbocycles. The fraction of sp³-hybridized carbons (Fsp3) is 0.471. The molecule has 0 aliphatic carbocycles. The van der Waals surface area contributed by atoms with E-state index in [2.05, 4.69) is 15.1 Å². The Morgan fingerprint density at radius 2 is 2.07 bits per heavy atom. The molecule has 0 unspecified atom stereocenters. The van der Waals surface area contributed by atoms with Gasteiger partial charge in [0.15, 0.2) is 5.82 Å². The predicted molar refractivity (Wildman–Crippen MR) is 91.1 cm³/mol. The second-order valence-corrected chi connectivity index (χ2v) is 7.11. The highest BCUT2D eigenvalue weighted by Gasteiger charge is 2.36. The number of nitriles is 1. The molecule has 0 radical (unpaired) electrons. The Morgan fingerprint density at radius 1 is 1.37 bits per heavy atom. The molecule has 0 N–H and O–H groups in total. The summed E-state index contributed by atoms with van der Waals surface area (Å²) in [5.74, 6) is -0.833. The van der Waals surface area contributed by atoms with Crippen LogP contribution in [0.15, 0.2) is 12.4 Å². The molecule has 2 aromatic rings. The Morgan fingerprint density at radius 3 is 2.70 bits per heavy atom. The molecule has 1 aliphatic rings. The van der Waals surface area contributed by atoms with Crippen LogP contribution in [0, 0.1) is 17.1 Å². The van der Waals surface area contributed by atoms with Crippen molar-refractivity contribution in [2.45, 2.75) is 32.5 Å². The molecule has 0 atom stereocenters. The number of amides is 1. The standard InChI is InChI=1S/C17H19FN6O3/c1-17(2,3)27-16(25)24-8-11(9-24)26-15-12(18)7-20-14(22-15)13-10(5-19)6-21-23(13)4/h6-7,11H,8-9H2,1-4H3. The molecule has 1 fully saturated rings. The van der Waals surface area contributed by atoms with Gasteiger partial charge in [-0.25, -0.2) is 9.78 Å². The van der Waals surface area contributed by atoms with Gasteiger partial charge in [-0.15, -0.1) is 0 Å². The van der Waals surface area contributed by atoms with Gasteiger partial charge < -0.3 is 14.4 Å². The summed E-state index contributed by atoms with van der Waals surface area (Å²) in [6.07, 6.45) is 1.51. The van der Waals surface area contributed by atoms with E-state index >= 15 is 0 Å². The van der Waals surface area contributed by atoms with Gasteiger partial charge in [0.2, 0.25) is 5.82 Å². The van der Waals surface area contributed by atoms with Crippen LogP contribution in [0.25, 0.3) is 11.5 Å².